The summed E-state index contributed by atoms with van der Waals surface area (Å²) in [5.74, 6) is -1.54. The van der Waals surface area contributed by atoms with Crippen molar-refractivity contribution in [2.24, 2.45) is 5.73 Å². The fraction of sp³-hybridized carbons (Fsp3) is 0.188. The summed E-state index contributed by atoms with van der Waals surface area (Å²) in [7, 11) is 0. The molecule has 2 aromatic carbocycles. The van der Waals surface area contributed by atoms with Crippen LogP contribution in [0.3, 0.4) is 0 Å². The smallest absolute Gasteiger partial charge is 0.218 e. The molecule has 1 amide bonds. The minimum Gasteiger partial charge on any atom is -0.370 e. The zero-order chi connectivity index (χ0) is 14.7. The lowest BCUT2D eigenvalue weighted by Crippen LogP contribution is -2.13. The molecule has 1 atom stereocenters. The lowest BCUT2D eigenvalue weighted by molar-refractivity contribution is -0.118. The minimum absolute atomic E-state index is 0.0135. The van der Waals surface area contributed by atoms with Crippen LogP contribution in [-0.2, 0) is 4.79 Å². The van der Waals surface area contributed by atoms with Crippen molar-refractivity contribution in [3.8, 4) is 11.1 Å². The molecule has 0 radical (unpaired) electrons. The van der Waals surface area contributed by atoms with Gasteiger partial charge in [0, 0.05) is 18.1 Å². The van der Waals surface area contributed by atoms with Crippen molar-refractivity contribution in [2.75, 3.05) is 0 Å². The van der Waals surface area contributed by atoms with E-state index in [0.29, 0.717) is 11.1 Å². The summed E-state index contributed by atoms with van der Waals surface area (Å²) in [6.45, 7) is 1.90. The van der Waals surface area contributed by atoms with Crippen LogP contribution in [0.15, 0.2) is 42.5 Å². The molecular weight excluding hydrogens is 260 g/mol. The van der Waals surface area contributed by atoms with E-state index in [2.05, 4.69) is 0 Å². The molecule has 0 fully saturated rings. The van der Waals surface area contributed by atoms with Crippen molar-refractivity contribution in [1.82, 2.24) is 0 Å². The summed E-state index contributed by atoms with van der Waals surface area (Å²) < 4.78 is 26.5. The third-order valence-electron chi connectivity index (χ3n) is 3.23. The number of hydrogen-bond donors (Lipinski definition) is 1. The Kier molecular flexibility index (Phi) is 4.13. The molecule has 0 aromatic heterocycles. The van der Waals surface area contributed by atoms with Crippen molar-refractivity contribution < 1.29 is 13.6 Å². The van der Waals surface area contributed by atoms with Crippen LogP contribution < -0.4 is 5.73 Å². The van der Waals surface area contributed by atoms with E-state index in [1.54, 1.807) is 12.1 Å². The van der Waals surface area contributed by atoms with Crippen LogP contribution in [0.2, 0.25) is 0 Å². The lowest BCUT2D eigenvalue weighted by atomic mass is 9.95. The summed E-state index contributed by atoms with van der Waals surface area (Å²) in [4.78, 5) is 10.9. The fourth-order valence-electron chi connectivity index (χ4n) is 2.13. The third-order valence-corrected chi connectivity index (χ3v) is 3.23. The molecule has 0 saturated carbocycles. The standard InChI is InChI=1S/C16H15F2NO/c1-10(8-16(19)20)11-2-4-12(5-3-11)14-7-6-13(17)9-15(14)18/h2-7,9-10H,8H2,1H3,(H2,19,20). The first-order valence-corrected chi connectivity index (χ1v) is 6.31. The molecule has 0 saturated heterocycles. The summed E-state index contributed by atoms with van der Waals surface area (Å²) in [6.07, 6.45) is 0.268. The van der Waals surface area contributed by atoms with Crippen molar-refractivity contribution in [2.45, 2.75) is 19.3 Å². The van der Waals surface area contributed by atoms with Gasteiger partial charge in [-0.1, -0.05) is 31.2 Å². The topological polar surface area (TPSA) is 43.1 Å². The van der Waals surface area contributed by atoms with E-state index in [-0.39, 0.29) is 18.2 Å². The molecule has 2 aromatic rings. The van der Waals surface area contributed by atoms with Crippen molar-refractivity contribution in [3.63, 3.8) is 0 Å². The van der Waals surface area contributed by atoms with Gasteiger partial charge in [0.15, 0.2) is 0 Å². The molecule has 0 bridgehead atoms. The molecule has 20 heavy (non-hydrogen) atoms. The van der Waals surface area contributed by atoms with Gasteiger partial charge < -0.3 is 5.73 Å². The second-order valence-electron chi connectivity index (χ2n) is 4.82. The van der Waals surface area contributed by atoms with Crippen LogP contribution in [0.1, 0.15) is 24.8 Å². The zero-order valence-electron chi connectivity index (χ0n) is 11.1. The summed E-state index contributed by atoms with van der Waals surface area (Å²) in [6, 6.07) is 10.7. The highest BCUT2D eigenvalue weighted by Crippen LogP contribution is 2.26. The Morgan fingerprint density at radius 3 is 2.35 bits per heavy atom. The van der Waals surface area contributed by atoms with Crippen molar-refractivity contribution in [3.05, 3.63) is 59.7 Å². The molecule has 1 unspecified atom stereocenters. The maximum atomic E-state index is 13.7. The molecule has 4 heteroatoms. The van der Waals surface area contributed by atoms with Crippen LogP contribution in [0.4, 0.5) is 8.78 Å². The quantitative estimate of drug-likeness (QED) is 0.910. The van der Waals surface area contributed by atoms with E-state index >= 15 is 0 Å². The molecule has 2 rings (SSSR count). The van der Waals surface area contributed by atoms with E-state index in [4.69, 9.17) is 5.73 Å². The molecule has 2 nitrogen and oxygen atoms in total. The van der Waals surface area contributed by atoms with E-state index in [1.165, 1.54) is 12.1 Å². The van der Waals surface area contributed by atoms with Crippen LogP contribution >= 0.6 is 0 Å². The molecule has 0 aliphatic rings. The minimum atomic E-state index is -0.599. The Morgan fingerprint density at radius 2 is 1.80 bits per heavy atom. The maximum absolute atomic E-state index is 13.7. The summed E-state index contributed by atoms with van der Waals surface area (Å²) in [5.41, 5.74) is 7.13. The van der Waals surface area contributed by atoms with Crippen LogP contribution in [-0.4, -0.2) is 5.91 Å². The van der Waals surface area contributed by atoms with Gasteiger partial charge in [0.05, 0.1) is 0 Å². The average molecular weight is 275 g/mol. The Hall–Kier alpha value is -2.23. The van der Waals surface area contributed by atoms with Gasteiger partial charge in [-0.05, 0) is 29.2 Å². The highest BCUT2D eigenvalue weighted by Gasteiger charge is 2.10. The SMILES string of the molecule is CC(CC(N)=O)c1ccc(-c2ccc(F)cc2F)cc1. The Balaban J connectivity index is 2.25. The number of carbonyl (C=O) groups is 1. The van der Waals surface area contributed by atoms with Gasteiger partial charge >= 0.3 is 0 Å². The Labute approximate surface area is 116 Å². The molecule has 104 valence electrons. The Bertz CT molecular complexity index is 623. The highest BCUT2D eigenvalue weighted by molar-refractivity contribution is 5.74. The summed E-state index contributed by atoms with van der Waals surface area (Å²) in [5, 5.41) is 0. The number of benzene rings is 2. The fourth-order valence-corrected chi connectivity index (χ4v) is 2.13. The molecule has 0 aliphatic carbocycles. The van der Waals surface area contributed by atoms with Crippen molar-refractivity contribution >= 4 is 5.91 Å². The summed E-state index contributed by atoms with van der Waals surface area (Å²) >= 11 is 0. The Morgan fingerprint density at radius 1 is 1.15 bits per heavy atom. The van der Waals surface area contributed by atoms with Gasteiger partial charge in [-0.15, -0.1) is 0 Å². The third kappa shape index (κ3) is 3.20. The van der Waals surface area contributed by atoms with E-state index in [1.807, 2.05) is 19.1 Å². The number of hydrogen-bond acceptors (Lipinski definition) is 1. The first-order valence-electron chi connectivity index (χ1n) is 6.31. The number of carbonyl (C=O) groups excluding carboxylic acids is 1. The first-order chi connectivity index (χ1) is 9.47. The lowest BCUT2D eigenvalue weighted by Gasteiger charge is -2.11. The van der Waals surface area contributed by atoms with E-state index in [0.717, 1.165) is 11.6 Å². The number of rotatable bonds is 4. The molecule has 0 aliphatic heterocycles. The predicted molar refractivity (Wildman–Crippen MR) is 74.0 cm³/mol. The normalized spacial score (nSPS) is 12.2. The average Bonchev–Trinajstić information content (AvgIpc) is 2.38. The first kappa shape index (κ1) is 14.2. The van der Waals surface area contributed by atoms with Crippen LogP contribution in [0.25, 0.3) is 11.1 Å². The van der Waals surface area contributed by atoms with Gasteiger partial charge in [-0.25, -0.2) is 8.78 Å². The molecule has 2 N–H and O–H groups in total. The number of nitrogens with two attached hydrogens (primary N) is 1. The largest absolute Gasteiger partial charge is 0.370 e. The van der Waals surface area contributed by atoms with Gasteiger partial charge in [0.1, 0.15) is 11.6 Å². The number of amides is 1. The van der Waals surface area contributed by atoms with Crippen LogP contribution in [0.5, 0.6) is 0 Å². The molecule has 0 heterocycles. The number of halogens is 2. The van der Waals surface area contributed by atoms with Gasteiger partial charge in [0.2, 0.25) is 5.91 Å². The van der Waals surface area contributed by atoms with E-state index < -0.39 is 11.6 Å². The second kappa shape index (κ2) is 5.82. The zero-order valence-corrected chi connectivity index (χ0v) is 11.1. The number of primary amides is 1. The van der Waals surface area contributed by atoms with Crippen LogP contribution in [0, 0.1) is 11.6 Å². The predicted octanol–water partition coefficient (Wildman–Crippen LogP) is 3.61. The molecule has 0 spiro atoms. The van der Waals surface area contributed by atoms with Gasteiger partial charge in [-0.3, -0.25) is 4.79 Å². The second-order valence-corrected chi connectivity index (χ2v) is 4.82. The van der Waals surface area contributed by atoms with E-state index in [9.17, 15) is 13.6 Å². The maximum Gasteiger partial charge on any atom is 0.218 e. The molecular formula is C16H15F2NO. The monoisotopic (exact) mass is 275 g/mol. The van der Waals surface area contributed by atoms with Crippen molar-refractivity contribution in [1.29, 1.82) is 0 Å². The van der Waals surface area contributed by atoms with Gasteiger partial charge in [-0.2, -0.15) is 0 Å². The van der Waals surface area contributed by atoms with Gasteiger partial charge in [0.25, 0.3) is 0 Å². The highest BCUT2D eigenvalue weighted by atomic mass is 19.1.